The average molecular weight is 329 g/mol. The van der Waals surface area contributed by atoms with Gasteiger partial charge in [-0.25, -0.2) is 4.79 Å². The first-order valence-corrected chi connectivity index (χ1v) is 6.84. The van der Waals surface area contributed by atoms with Gasteiger partial charge in [-0.1, -0.05) is 19.8 Å². The van der Waals surface area contributed by atoms with E-state index in [2.05, 4.69) is 21.2 Å². The molecule has 1 atom stereocenters. The Hall–Kier alpha value is -1.40. The first kappa shape index (κ1) is 15.7. The Morgan fingerprint density at radius 2 is 2.16 bits per heavy atom. The standard InChI is InChI=1S/C13H17BrN2O3/c1-2-3-4-10(15)12(17)16-11-7-8(13(18)19)5-6-9(11)14/h5-7,10H,2-4,15H2,1H3,(H,16,17)(H,18,19)/t10-/m0/s1. The van der Waals surface area contributed by atoms with E-state index in [1.807, 2.05) is 6.92 Å². The van der Waals surface area contributed by atoms with Crippen LogP contribution in [-0.4, -0.2) is 23.0 Å². The first-order chi connectivity index (χ1) is 8.95. The lowest BCUT2D eigenvalue weighted by atomic mass is 10.1. The number of unbranched alkanes of at least 4 members (excludes halogenated alkanes) is 1. The van der Waals surface area contributed by atoms with E-state index in [0.717, 1.165) is 12.8 Å². The number of carboxylic acid groups (broad SMARTS) is 1. The Bertz CT molecular complexity index is 477. The van der Waals surface area contributed by atoms with Crippen LogP contribution in [0.3, 0.4) is 0 Å². The number of amides is 1. The Kier molecular flexibility index (Phi) is 5.98. The number of nitrogens with two attached hydrogens (primary N) is 1. The molecule has 0 fully saturated rings. The molecule has 1 amide bonds. The van der Waals surface area contributed by atoms with Crippen molar-refractivity contribution in [1.82, 2.24) is 0 Å². The second-order valence-corrected chi connectivity index (χ2v) is 5.09. The van der Waals surface area contributed by atoms with Gasteiger partial charge in [0.2, 0.25) is 5.91 Å². The summed E-state index contributed by atoms with van der Waals surface area (Å²) in [6.07, 6.45) is 2.46. The molecule has 0 aromatic heterocycles. The summed E-state index contributed by atoms with van der Waals surface area (Å²) < 4.78 is 0.619. The Labute approximate surface area is 120 Å². The second-order valence-electron chi connectivity index (χ2n) is 4.24. The summed E-state index contributed by atoms with van der Waals surface area (Å²) in [7, 11) is 0. The van der Waals surface area contributed by atoms with Crippen molar-refractivity contribution >= 4 is 33.5 Å². The summed E-state index contributed by atoms with van der Waals surface area (Å²) in [5.74, 6) is -1.35. The molecule has 19 heavy (non-hydrogen) atoms. The summed E-state index contributed by atoms with van der Waals surface area (Å²) >= 11 is 3.26. The van der Waals surface area contributed by atoms with Gasteiger partial charge in [0.25, 0.3) is 0 Å². The van der Waals surface area contributed by atoms with Crippen molar-refractivity contribution < 1.29 is 14.7 Å². The van der Waals surface area contributed by atoms with Gasteiger partial charge in [-0.3, -0.25) is 4.79 Å². The van der Waals surface area contributed by atoms with Crippen LogP contribution in [0.2, 0.25) is 0 Å². The maximum Gasteiger partial charge on any atom is 0.335 e. The van der Waals surface area contributed by atoms with E-state index >= 15 is 0 Å². The molecule has 5 nitrogen and oxygen atoms in total. The molecule has 1 rings (SSSR count). The van der Waals surface area contributed by atoms with Gasteiger partial charge in [0, 0.05) is 4.47 Å². The highest BCUT2D eigenvalue weighted by atomic mass is 79.9. The Morgan fingerprint density at radius 3 is 2.74 bits per heavy atom. The minimum Gasteiger partial charge on any atom is -0.478 e. The normalized spacial score (nSPS) is 11.9. The fraction of sp³-hybridized carbons (Fsp3) is 0.385. The smallest absolute Gasteiger partial charge is 0.335 e. The second kappa shape index (κ2) is 7.25. The first-order valence-electron chi connectivity index (χ1n) is 6.05. The fourth-order valence-electron chi connectivity index (χ4n) is 1.53. The molecular weight excluding hydrogens is 312 g/mol. The topological polar surface area (TPSA) is 92.4 Å². The monoisotopic (exact) mass is 328 g/mol. The van der Waals surface area contributed by atoms with E-state index in [1.165, 1.54) is 12.1 Å². The van der Waals surface area contributed by atoms with E-state index < -0.39 is 12.0 Å². The molecule has 0 saturated heterocycles. The van der Waals surface area contributed by atoms with Crippen LogP contribution in [0.25, 0.3) is 0 Å². The minimum absolute atomic E-state index is 0.112. The number of anilines is 1. The van der Waals surface area contributed by atoms with Crippen molar-refractivity contribution in [3.8, 4) is 0 Å². The largest absolute Gasteiger partial charge is 0.478 e. The number of carbonyl (C=O) groups excluding carboxylic acids is 1. The molecule has 0 radical (unpaired) electrons. The molecule has 0 unspecified atom stereocenters. The van der Waals surface area contributed by atoms with Gasteiger partial charge in [-0.05, 0) is 40.5 Å². The van der Waals surface area contributed by atoms with E-state index in [1.54, 1.807) is 6.07 Å². The van der Waals surface area contributed by atoms with Gasteiger partial charge in [0.15, 0.2) is 0 Å². The number of rotatable bonds is 6. The lowest BCUT2D eigenvalue weighted by Crippen LogP contribution is -2.35. The molecule has 0 aliphatic carbocycles. The number of halogens is 1. The van der Waals surface area contributed by atoms with Gasteiger partial charge < -0.3 is 16.2 Å². The van der Waals surface area contributed by atoms with E-state index in [4.69, 9.17) is 10.8 Å². The van der Waals surface area contributed by atoms with Crippen LogP contribution >= 0.6 is 15.9 Å². The average Bonchev–Trinajstić information content (AvgIpc) is 2.38. The molecule has 1 aromatic carbocycles. The fourth-order valence-corrected chi connectivity index (χ4v) is 1.88. The zero-order valence-corrected chi connectivity index (χ0v) is 12.2. The molecule has 0 bridgehead atoms. The number of nitrogens with one attached hydrogen (secondary N) is 1. The lowest BCUT2D eigenvalue weighted by molar-refractivity contribution is -0.117. The van der Waals surface area contributed by atoms with Crippen molar-refractivity contribution in [1.29, 1.82) is 0 Å². The van der Waals surface area contributed by atoms with Crippen molar-refractivity contribution in [2.75, 3.05) is 5.32 Å². The molecule has 6 heteroatoms. The van der Waals surface area contributed by atoms with Gasteiger partial charge >= 0.3 is 5.97 Å². The molecule has 0 spiro atoms. The predicted octanol–water partition coefficient (Wildman–Crippen LogP) is 2.60. The molecule has 0 aliphatic rings. The third-order valence-corrected chi connectivity index (χ3v) is 3.37. The SMILES string of the molecule is CCCC[C@H](N)C(=O)Nc1cc(C(=O)O)ccc1Br. The number of carbonyl (C=O) groups is 2. The number of benzene rings is 1. The number of carboxylic acids is 1. The minimum atomic E-state index is -1.04. The third-order valence-electron chi connectivity index (χ3n) is 2.68. The molecule has 1 aromatic rings. The van der Waals surface area contributed by atoms with Crippen LogP contribution in [0.4, 0.5) is 5.69 Å². The summed E-state index contributed by atoms with van der Waals surface area (Å²) in [5, 5.41) is 11.5. The molecule has 4 N–H and O–H groups in total. The van der Waals surface area contributed by atoms with E-state index in [0.29, 0.717) is 16.6 Å². The summed E-state index contributed by atoms with van der Waals surface area (Å²) in [4.78, 5) is 22.7. The van der Waals surface area contributed by atoms with Crippen LogP contribution in [0, 0.1) is 0 Å². The van der Waals surface area contributed by atoms with Gasteiger partial charge in [0.1, 0.15) is 0 Å². The Balaban J connectivity index is 2.78. The molecule has 0 aliphatic heterocycles. The molecule has 0 saturated carbocycles. The van der Waals surface area contributed by atoms with Crippen molar-refractivity contribution in [2.24, 2.45) is 5.73 Å². The van der Waals surface area contributed by atoms with Crippen LogP contribution < -0.4 is 11.1 Å². The third kappa shape index (κ3) is 4.65. The number of hydrogen-bond donors (Lipinski definition) is 3. The van der Waals surface area contributed by atoms with E-state index in [-0.39, 0.29) is 11.5 Å². The van der Waals surface area contributed by atoms with Crippen LogP contribution in [0.1, 0.15) is 36.5 Å². The van der Waals surface area contributed by atoms with Crippen molar-refractivity contribution in [3.63, 3.8) is 0 Å². The predicted molar refractivity (Wildman–Crippen MR) is 77.2 cm³/mol. The highest BCUT2D eigenvalue weighted by Gasteiger charge is 2.15. The van der Waals surface area contributed by atoms with Crippen LogP contribution in [-0.2, 0) is 4.79 Å². The highest BCUT2D eigenvalue weighted by Crippen LogP contribution is 2.24. The van der Waals surface area contributed by atoms with Crippen molar-refractivity contribution in [3.05, 3.63) is 28.2 Å². The molecular formula is C13H17BrN2O3. The summed E-state index contributed by atoms with van der Waals surface area (Å²) in [5.41, 5.74) is 6.28. The van der Waals surface area contributed by atoms with Gasteiger partial charge in [-0.2, -0.15) is 0 Å². The zero-order valence-electron chi connectivity index (χ0n) is 10.6. The molecule has 0 heterocycles. The maximum absolute atomic E-state index is 11.8. The quantitative estimate of drug-likeness (QED) is 0.748. The van der Waals surface area contributed by atoms with Gasteiger partial charge in [0.05, 0.1) is 17.3 Å². The van der Waals surface area contributed by atoms with E-state index in [9.17, 15) is 9.59 Å². The van der Waals surface area contributed by atoms with Crippen LogP contribution in [0.15, 0.2) is 22.7 Å². The number of hydrogen-bond acceptors (Lipinski definition) is 3. The summed E-state index contributed by atoms with van der Waals surface area (Å²) in [6, 6.07) is 3.85. The molecule has 104 valence electrons. The van der Waals surface area contributed by atoms with Crippen molar-refractivity contribution in [2.45, 2.75) is 32.2 Å². The highest BCUT2D eigenvalue weighted by molar-refractivity contribution is 9.10. The summed E-state index contributed by atoms with van der Waals surface area (Å²) in [6.45, 7) is 2.03. The maximum atomic E-state index is 11.8. The Morgan fingerprint density at radius 1 is 1.47 bits per heavy atom. The zero-order chi connectivity index (χ0) is 14.4. The van der Waals surface area contributed by atoms with Crippen LogP contribution in [0.5, 0.6) is 0 Å². The van der Waals surface area contributed by atoms with Gasteiger partial charge in [-0.15, -0.1) is 0 Å². The lowest BCUT2D eigenvalue weighted by Gasteiger charge is -2.13. The number of aromatic carboxylic acids is 1.